The predicted molar refractivity (Wildman–Crippen MR) is 63.8 cm³/mol. The Morgan fingerprint density at radius 3 is 2.56 bits per heavy atom. The van der Waals surface area contributed by atoms with Gasteiger partial charge in [-0.05, 0) is 12.8 Å². The van der Waals surface area contributed by atoms with Gasteiger partial charge in [-0.15, -0.1) is 6.58 Å². The molecule has 0 aromatic rings. The standard InChI is InChI=1S/C12H22N2O2/c1-2-7-14(8-9-15)11(16)12(10-13)5-3-4-6-12/h2,15H,1,3-10,13H2. The van der Waals surface area contributed by atoms with Crippen LogP contribution in [-0.2, 0) is 4.79 Å². The molecule has 0 saturated heterocycles. The molecule has 1 aliphatic rings. The molecule has 0 radical (unpaired) electrons. The number of rotatable bonds is 6. The number of aliphatic hydroxyl groups is 1. The van der Waals surface area contributed by atoms with Crippen LogP contribution in [0.1, 0.15) is 25.7 Å². The molecule has 1 saturated carbocycles. The minimum Gasteiger partial charge on any atom is -0.395 e. The number of carbonyl (C=O) groups is 1. The zero-order valence-corrected chi connectivity index (χ0v) is 9.82. The zero-order chi connectivity index (χ0) is 12.0. The number of carbonyl (C=O) groups excluding carboxylic acids is 1. The maximum Gasteiger partial charge on any atom is 0.230 e. The van der Waals surface area contributed by atoms with Crippen molar-refractivity contribution in [3.8, 4) is 0 Å². The third-order valence-corrected chi connectivity index (χ3v) is 3.41. The van der Waals surface area contributed by atoms with Crippen LogP contribution in [0.4, 0.5) is 0 Å². The monoisotopic (exact) mass is 226 g/mol. The van der Waals surface area contributed by atoms with Crippen molar-refractivity contribution in [1.29, 1.82) is 0 Å². The van der Waals surface area contributed by atoms with Gasteiger partial charge in [0.1, 0.15) is 0 Å². The van der Waals surface area contributed by atoms with Gasteiger partial charge in [0.05, 0.1) is 12.0 Å². The summed E-state index contributed by atoms with van der Waals surface area (Å²) < 4.78 is 0. The van der Waals surface area contributed by atoms with Gasteiger partial charge in [0.25, 0.3) is 0 Å². The molecule has 1 fully saturated rings. The molecule has 4 heteroatoms. The number of hydrogen-bond donors (Lipinski definition) is 2. The molecule has 0 aliphatic heterocycles. The summed E-state index contributed by atoms with van der Waals surface area (Å²) >= 11 is 0. The van der Waals surface area contributed by atoms with Crippen molar-refractivity contribution < 1.29 is 9.90 Å². The summed E-state index contributed by atoms with van der Waals surface area (Å²) in [6, 6.07) is 0. The highest BCUT2D eigenvalue weighted by Crippen LogP contribution is 2.38. The van der Waals surface area contributed by atoms with Crippen LogP contribution in [0.2, 0.25) is 0 Å². The second-order valence-corrected chi connectivity index (χ2v) is 4.46. The van der Waals surface area contributed by atoms with Gasteiger partial charge in [-0.25, -0.2) is 0 Å². The van der Waals surface area contributed by atoms with Crippen LogP contribution in [0, 0.1) is 5.41 Å². The first kappa shape index (κ1) is 13.2. The summed E-state index contributed by atoms with van der Waals surface area (Å²) in [6.07, 6.45) is 5.59. The second kappa shape index (κ2) is 6.01. The van der Waals surface area contributed by atoms with Crippen molar-refractivity contribution in [1.82, 2.24) is 4.90 Å². The Balaban J connectivity index is 2.74. The normalized spacial score (nSPS) is 18.4. The lowest BCUT2D eigenvalue weighted by atomic mass is 9.84. The van der Waals surface area contributed by atoms with Crippen LogP contribution >= 0.6 is 0 Å². The molecule has 0 heterocycles. The van der Waals surface area contributed by atoms with Crippen molar-refractivity contribution in [2.24, 2.45) is 11.1 Å². The Bertz CT molecular complexity index is 247. The fraction of sp³-hybridized carbons (Fsp3) is 0.750. The highest BCUT2D eigenvalue weighted by atomic mass is 16.3. The van der Waals surface area contributed by atoms with Crippen molar-refractivity contribution in [3.63, 3.8) is 0 Å². The topological polar surface area (TPSA) is 66.6 Å². The first-order valence-corrected chi connectivity index (χ1v) is 5.91. The van der Waals surface area contributed by atoms with E-state index in [4.69, 9.17) is 10.8 Å². The van der Waals surface area contributed by atoms with E-state index in [1.54, 1.807) is 11.0 Å². The van der Waals surface area contributed by atoms with Crippen LogP contribution in [-0.4, -0.2) is 42.2 Å². The lowest BCUT2D eigenvalue weighted by Gasteiger charge is -2.32. The average Bonchev–Trinajstić information content (AvgIpc) is 2.77. The SMILES string of the molecule is C=CCN(CCO)C(=O)C1(CN)CCCC1. The van der Waals surface area contributed by atoms with Gasteiger partial charge in [-0.3, -0.25) is 4.79 Å². The van der Waals surface area contributed by atoms with E-state index in [2.05, 4.69) is 6.58 Å². The van der Waals surface area contributed by atoms with Crippen molar-refractivity contribution in [2.45, 2.75) is 25.7 Å². The molecular formula is C12H22N2O2. The summed E-state index contributed by atoms with van der Waals surface area (Å²) in [5.74, 6) is 0.0847. The summed E-state index contributed by atoms with van der Waals surface area (Å²) in [6.45, 7) is 4.88. The van der Waals surface area contributed by atoms with E-state index in [9.17, 15) is 4.79 Å². The van der Waals surface area contributed by atoms with Gasteiger partial charge in [0.15, 0.2) is 0 Å². The maximum absolute atomic E-state index is 12.4. The van der Waals surface area contributed by atoms with E-state index >= 15 is 0 Å². The van der Waals surface area contributed by atoms with Gasteiger partial charge in [0, 0.05) is 19.6 Å². The minimum absolute atomic E-state index is 0.0137. The number of aliphatic hydroxyl groups excluding tert-OH is 1. The van der Waals surface area contributed by atoms with E-state index in [1.807, 2.05) is 0 Å². The van der Waals surface area contributed by atoms with Gasteiger partial charge < -0.3 is 15.7 Å². The molecule has 1 aliphatic carbocycles. The maximum atomic E-state index is 12.4. The quantitative estimate of drug-likeness (QED) is 0.649. The second-order valence-electron chi connectivity index (χ2n) is 4.46. The van der Waals surface area contributed by atoms with Crippen molar-refractivity contribution in [2.75, 3.05) is 26.2 Å². The van der Waals surface area contributed by atoms with Gasteiger partial charge in [0.2, 0.25) is 5.91 Å². The zero-order valence-electron chi connectivity index (χ0n) is 9.82. The molecule has 3 N–H and O–H groups in total. The van der Waals surface area contributed by atoms with Crippen molar-refractivity contribution >= 4 is 5.91 Å². The van der Waals surface area contributed by atoms with E-state index in [-0.39, 0.29) is 17.9 Å². The molecule has 0 bridgehead atoms. The summed E-state index contributed by atoms with van der Waals surface area (Å²) in [4.78, 5) is 14.0. The largest absolute Gasteiger partial charge is 0.395 e. The molecule has 0 atom stereocenters. The predicted octanol–water partition coefficient (Wildman–Crippen LogP) is 0.512. The first-order chi connectivity index (χ1) is 7.70. The van der Waals surface area contributed by atoms with Crippen LogP contribution in [0.5, 0.6) is 0 Å². The van der Waals surface area contributed by atoms with E-state index < -0.39 is 0 Å². The van der Waals surface area contributed by atoms with Crippen molar-refractivity contribution in [3.05, 3.63) is 12.7 Å². The lowest BCUT2D eigenvalue weighted by Crippen LogP contribution is -2.47. The van der Waals surface area contributed by atoms with Gasteiger partial charge in [-0.1, -0.05) is 18.9 Å². The van der Waals surface area contributed by atoms with Crippen LogP contribution in [0.15, 0.2) is 12.7 Å². The number of nitrogens with two attached hydrogens (primary N) is 1. The molecule has 0 aromatic carbocycles. The average molecular weight is 226 g/mol. The Morgan fingerprint density at radius 1 is 1.50 bits per heavy atom. The third-order valence-electron chi connectivity index (χ3n) is 3.41. The molecular weight excluding hydrogens is 204 g/mol. The summed E-state index contributed by atoms with van der Waals surface area (Å²) in [5.41, 5.74) is 5.39. The van der Waals surface area contributed by atoms with Crippen LogP contribution in [0.25, 0.3) is 0 Å². The van der Waals surface area contributed by atoms with Crippen LogP contribution < -0.4 is 5.73 Å². The fourth-order valence-corrected chi connectivity index (χ4v) is 2.44. The number of hydrogen-bond acceptors (Lipinski definition) is 3. The van der Waals surface area contributed by atoms with E-state index in [0.717, 1.165) is 25.7 Å². The number of nitrogens with zero attached hydrogens (tertiary/aromatic N) is 1. The Morgan fingerprint density at radius 2 is 2.12 bits per heavy atom. The Hall–Kier alpha value is -0.870. The highest BCUT2D eigenvalue weighted by molar-refractivity contribution is 5.83. The first-order valence-electron chi connectivity index (χ1n) is 5.91. The third kappa shape index (κ3) is 2.62. The molecule has 16 heavy (non-hydrogen) atoms. The molecule has 4 nitrogen and oxygen atoms in total. The minimum atomic E-state index is -0.377. The summed E-state index contributed by atoms with van der Waals surface area (Å²) in [5, 5.41) is 8.95. The van der Waals surface area contributed by atoms with Gasteiger partial charge >= 0.3 is 0 Å². The molecule has 0 aromatic heterocycles. The lowest BCUT2D eigenvalue weighted by molar-refractivity contribution is -0.141. The Kier molecular flexibility index (Phi) is 4.96. The van der Waals surface area contributed by atoms with E-state index in [0.29, 0.717) is 19.6 Å². The highest BCUT2D eigenvalue weighted by Gasteiger charge is 2.41. The molecule has 1 rings (SSSR count). The Labute approximate surface area is 97.1 Å². The molecule has 0 unspecified atom stereocenters. The molecule has 0 spiro atoms. The summed E-state index contributed by atoms with van der Waals surface area (Å²) in [7, 11) is 0. The molecule has 1 amide bonds. The van der Waals surface area contributed by atoms with Gasteiger partial charge in [-0.2, -0.15) is 0 Å². The fourth-order valence-electron chi connectivity index (χ4n) is 2.44. The smallest absolute Gasteiger partial charge is 0.230 e. The number of amides is 1. The van der Waals surface area contributed by atoms with Crippen LogP contribution in [0.3, 0.4) is 0 Å². The van der Waals surface area contributed by atoms with E-state index in [1.165, 1.54) is 0 Å². The molecule has 92 valence electrons.